The standard InChI is InChI=1S/C9H19N2O2P.C5H9BO.C3H8O2/c1-8(2)11(9(3)4)14(12)13-7-5-6-10;1-4-2-3-7-5(4)6;1-5-3-2-4/h8-9,12H,5,7H2,1-4H3;4-5H,2-3H2,1H3;4H,2-3H2,1H3/t;4?,5-;/m.1./s1. The van der Waals surface area contributed by atoms with Crippen molar-refractivity contribution in [1.29, 1.82) is 5.26 Å². The van der Waals surface area contributed by atoms with Gasteiger partial charge in [-0.25, -0.2) is 4.67 Å². The van der Waals surface area contributed by atoms with Gasteiger partial charge in [0.15, 0.2) is 0 Å². The van der Waals surface area contributed by atoms with Crippen molar-refractivity contribution in [2.45, 2.75) is 65.5 Å². The fourth-order valence-corrected chi connectivity index (χ4v) is 3.22. The number of nitriles is 1. The molecule has 2 unspecified atom stereocenters. The van der Waals surface area contributed by atoms with E-state index >= 15 is 0 Å². The van der Waals surface area contributed by atoms with E-state index in [-0.39, 0.29) is 24.7 Å². The first-order valence-electron chi connectivity index (χ1n) is 8.96. The molecule has 1 rings (SSSR count). The quantitative estimate of drug-likeness (QED) is 0.373. The van der Waals surface area contributed by atoms with E-state index in [0.29, 0.717) is 25.6 Å². The number of methoxy groups -OCH3 is 1. The van der Waals surface area contributed by atoms with Crippen molar-refractivity contribution in [3.05, 3.63) is 0 Å². The molecule has 1 aliphatic heterocycles. The summed E-state index contributed by atoms with van der Waals surface area (Å²) in [5.74, 6) is 0.569. The van der Waals surface area contributed by atoms with Gasteiger partial charge in [-0.15, -0.1) is 0 Å². The van der Waals surface area contributed by atoms with Gasteiger partial charge in [-0.2, -0.15) is 5.26 Å². The van der Waals surface area contributed by atoms with Crippen LogP contribution in [0.1, 0.15) is 47.5 Å². The number of aliphatic hydroxyl groups is 1. The highest BCUT2D eigenvalue weighted by Crippen LogP contribution is 2.40. The predicted molar refractivity (Wildman–Crippen MR) is 106 cm³/mol. The largest absolute Gasteiger partial charge is 0.394 e. The van der Waals surface area contributed by atoms with Crippen LogP contribution in [0.25, 0.3) is 0 Å². The lowest BCUT2D eigenvalue weighted by Crippen LogP contribution is -2.32. The van der Waals surface area contributed by atoms with Gasteiger partial charge in [0.05, 0.1) is 32.3 Å². The monoisotopic (exact) mass is 390 g/mol. The van der Waals surface area contributed by atoms with Crippen LogP contribution in [0.5, 0.6) is 0 Å². The maximum Gasteiger partial charge on any atom is 0.256 e. The molecule has 1 heterocycles. The average molecular weight is 390 g/mol. The van der Waals surface area contributed by atoms with Crippen LogP contribution in [-0.4, -0.2) is 74.1 Å². The molecule has 0 saturated carbocycles. The van der Waals surface area contributed by atoms with Gasteiger partial charge in [-0.1, -0.05) is 6.92 Å². The topological polar surface area (TPSA) is 95.2 Å². The van der Waals surface area contributed by atoms with Crippen LogP contribution < -0.4 is 0 Å². The van der Waals surface area contributed by atoms with Gasteiger partial charge in [0, 0.05) is 31.8 Å². The Kier molecular flexibility index (Phi) is 19.5. The number of rotatable bonds is 8. The summed E-state index contributed by atoms with van der Waals surface area (Å²) in [5.41, 5.74) is 0. The van der Waals surface area contributed by atoms with E-state index in [9.17, 15) is 4.89 Å². The molecule has 9 heteroatoms. The van der Waals surface area contributed by atoms with Crippen LogP contribution in [0.3, 0.4) is 0 Å². The third kappa shape index (κ3) is 14.9. The minimum Gasteiger partial charge on any atom is -0.394 e. The molecule has 0 bridgehead atoms. The second-order valence-corrected chi connectivity index (χ2v) is 7.60. The van der Waals surface area contributed by atoms with Crippen molar-refractivity contribution in [1.82, 2.24) is 4.67 Å². The van der Waals surface area contributed by atoms with Gasteiger partial charge in [0.2, 0.25) is 0 Å². The summed E-state index contributed by atoms with van der Waals surface area (Å²) >= 11 is 0. The molecule has 0 amide bonds. The van der Waals surface area contributed by atoms with Crippen molar-refractivity contribution < 1.29 is 24.0 Å². The molecule has 2 N–H and O–H groups in total. The first-order valence-corrected chi connectivity index (χ1v) is 10.1. The summed E-state index contributed by atoms with van der Waals surface area (Å²) in [7, 11) is 5.46. The Labute approximate surface area is 162 Å². The molecule has 3 atom stereocenters. The Balaban J connectivity index is 0. The highest BCUT2D eigenvalue weighted by Gasteiger charge is 2.23. The summed E-state index contributed by atoms with van der Waals surface area (Å²) < 4.78 is 16.6. The lowest BCUT2D eigenvalue weighted by molar-refractivity contribution is 0.135. The molecule has 26 heavy (non-hydrogen) atoms. The summed E-state index contributed by atoms with van der Waals surface area (Å²) in [4.78, 5) is 9.74. The van der Waals surface area contributed by atoms with Gasteiger partial charge in [0.25, 0.3) is 8.53 Å². The van der Waals surface area contributed by atoms with Crippen LogP contribution in [0.4, 0.5) is 0 Å². The van der Waals surface area contributed by atoms with Gasteiger partial charge >= 0.3 is 0 Å². The fourth-order valence-electron chi connectivity index (χ4n) is 2.04. The summed E-state index contributed by atoms with van der Waals surface area (Å²) in [6.45, 7) is 11.9. The predicted octanol–water partition coefficient (Wildman–Crippen LogP) is 2.42. The lowest BCUT2D eigenvalue weighted by atomic mass is 9.89. The average Bonchev–Trinajstić information content (AvgIpc) is 2.92. The Morgan fingerprint density at radius 3 is 2.12 bits per heavy atom. The molecule has 7 nitrogen and oxygen atoms in total. The van der Waals surface area contributed by atoms with Gasteiger partial charge in [-0.3, -0.25) is 0 Å². The molecule has 1 fully saturated rings. The molecule has 0 aromatic carbocycles. The van der Waals surface area contributed by atoms with Crippen LogP contribution in [-0.2, 0) is 14.0 Å². The van der Waals surface area contributed by atoms with E-state index in [1.54, 1.807) is 7.11 Å². The third-order valence-electron chi connectivity index (χ3n) is 3.42. The van der Waals surface area contributed by atoms with Crippen molar-refractivity contribution in [2.24, 2.45) is 5.92 Å². The van der Waals surface area contributed by atoms with E-state index in [1.165, 1.54) is 0 Å². The Bertz CT molecular complexity index is 341. The van der Waals surface area contributed by atoms with E-state index in [0.717, 1.165) is 13.0 Å². The van der Waals surface area contributed by atoms with Crippen molar-refractivity contribution in [3.8, 4) is 6.07 Å². The second kappa shape index (κ2) is 18.1. The summed E-state index contributed by atoms with van der Waals surface area (Å²) in [5, 5.41) is 16.3. The number of hydrogen-bond acceptors (Lipinski definition) is 7. The number of hydrogen-bond donors (Lipinski definition) is 2. The Morgan fingerprint density at radius 1 is 1.31 bits per heavy atom. The third-order valence-corrected chi connectivity index (χ3v) is 5.15. The molecule has 0 aliphatic carbocycles. The van der Waals surface area contributed by atoms with Gasteiger partial charge < -0.3 is 24.0 Å². The highest BCUT2D eigenvalue weighted by molar-refractivity contribution is 7.43. The van der Waals surface area contributed by atoms with Crippen molar-refractivity contribution >= 4 is 16.4 Å². The van der Waals surface area contributed by atoms with Crippen LogP contribution in [0, 0.1) is 17.2 Å². The SMILES string of the molecule is CC(C)N(C(C)C)P(O)OCCC#N.COCCO.[B][C@@H]1OCCC1C. The lowest BCUT2D eigenvalue weighted by Gasteiger charge is -2.32. The van der Waals surface area contributed by atoms with Crippen LogP contribution >= 0.6 is 8.53 Å². The fraction of sp³-hybridized carbons (Fsp3) is 0.941. The van der Waals surface area contributed by atoms with E-state index in [1.807, 2.05) is 38.4 Å². The minimum atomic E-state index is -1.55. The van der Waals surface area contributed by atoms with Gasteiger partial charge in [0.1, 0.15) is 7.85 Å². The van der Waals surface area contributed by atoms with Crippen molar-refractivity contribution in [2.75, 3.05) is 33.5 Å². The molecular formula is C17H36BN2O5P. The second-order valence-electron chi connectivity index (χ2n) is 6.38. The number of aliphatic hydroxyl groups excluding tert-OH is 1. The number of nitrogens with zero attached hydrogens (tertiary/aromatic N) is 2. The number of ether oxygens (including phenoxy) is 2. The maximum atomic E-state index is 9.74. The van der Waals surface area contributed by atoms with Crippen molar-refractivity contribution in [3.63, 3.8) is 0 Å². The molecular weight excluding hydrogens is 354 g/mol. The smallest absolute Gasteiger partial charge is 0.256 e. The highest BCUT2D eigenvalue weighted by atomic mass is 31.2. The zero-order valence-electron chi connectivity index (χ0n) is 17.1. The molecule has 0 aromatic rings. The van der Waals surface area contributed by atoms with E-state index in [2.05, 4.69) is 11.7 Å². The molecule has 0 aromatic heterocycles. The van der Waals surface area contributed by atoms with Crippen LogP contribution in [0.2, 0.25) is 0 Å². The minimum absolute atomic E-state index is 0.0139. The molecule has 0 spiro atoms. The first-order chi connectivity index (χ1) is 12.2. The zero-order chi connectivity index (χ0) is 20.5. The Morgan fingerprint density at radius 2 is 1.88 bits per heavy atom. The Hall–Kier alpha value is -0.255. The van der Waals surface area contributed by atoms with E-state index in [4.69, 9.17) is 27.5 Å². The molecule has 1 aliphatic rings. The summed E-state index contributed by atoms with van der Waals surface area (Å²) in [6, 6.07) is 2.48. The molecule has 152 valence electrons. The normalized spacial score (nSPS) is 20.2. The van der Waals surface area contributed by atoms with Gasteiger partial charge in [-0.05, 0) is 40.0 Å². The first kappa shape index (κ1) is 28.0. The maximum absolute atomic E-state index is 9.74. The molecule has 1 saturated heterocycles. The zero-order valence-corrected chi connectivity index (χ0v) is 18.0. The van der Waals surface area contributed by atoms with E-state index < -0.39 is 8.53 Å². The summed E-state index contributed by atoms with van der Waals surface area (Å²) in [6.07, 6.45) is 1.45. The molecule has 2 radical (unpaired) electrons. The van der Waals surface area contributed by atoms with Crippen LogP contribution in [0.15, 0.2) is 0 Å².